The molecule has 0 bridgehead atoms. The average molecular weight is 189 g/mol. The Hall–Kier alpha value is -1.44. The van der Waals surface area contributed by atoms with Gasteiger partial charge in [0.25, 0.3) is 0 Å². The highest BCUT2D eigenvalue weighted by Crippen LogP contribution is 2.41. The normalized spacial score (nSPS) is 15.2. The Balaban J connectivity index is 2.39. The highest BCUT2D eigenvalue weighted by molar-refractivity contribution is 5.66. The summed E-state index contributed by atoms with van der Waals surface area (Å²) in [6, 6.07) is 5.02. The number of hydrogen-bond donors (Lipinski definition) is 0. The van der Waals surface area contributed by atoms with Crippen LogP contribution in [0.2, 0.25) is 0 Å². The molecule has 1 aromatic rings. The van der Waals surface area contributed by atoms with Crippen LogP contribution in [0.4, 0.5) is 4.39 Å². The minimum atomic E-state index is -0.117. The van der Waals surface area contributed by atoms with Gasteiger partial charge < -0.3 is 0 Å². The van der Waals surface area contributed by atoms with E-state index in [1.54, 1.807) is 6.07 Å². The number of benzene rings is 1. The van der Waals surface area contributed by atoms with Crippen molar-refractivity contribution in [1.29, 1.82) is 0 Å². The molecule has 0 N–H and O–H groups in total. The Labute approximate surface area is 83.0 Å². The van der Waals surface area contributed by atoms with E-state index in [0.717, 1.165) is 24.0 Å². The number of halogens is 1. The second-order valence-electron chi connectivity index (χ2n) is 3.62. The first kappa shape index (κ1) is 9.13. The van der Waals surface area contributed by atoms with Gasteiger partial charge in [0.1, 0.15) is 5.82 Å². The molecule has 0 radical (unpaired) electrons. The Morgan fingerprint density at radius 1 is 1.43 bits per heavy atom. The molecule has 2 heteroatoms. The number of rotatable bonds is 3. The first-order chi connectivity index (χ1) is 6.72. The minimum Gasteiger partial charge on any atom is -0.265 e. The molecule has 72 valence electrons. The van der Waals surface area contributed by atoms with E-state index < -0.39 is 0 Å². The molecule has 0 saturated heterocycles. The molecule has 1 aliphatic carbocycles. The van der Waals surface area contributed by atoms with Crippen molar-refractivity contribution in [1.82, 2.24) is 0 Å². The average Bonchev–Trinajstić information content (AvgIpc) is 3.01. The fraction of sp³-hybridized carbons (Fsp3) is 0.250. The van der Waals surface area contributed by atoms with Gasteiger partial charge in [0.15, 0.2) is 0 Å². The molecular formula is C12H12FN. The summed E-state index contributed by atoms with van der Waals surface area (Å²) < 4.78 is 13.4. The molecule has 1 fully saturated rings. The van der Waals surface area contributed by atoms with Crippen molar-refractivity contribution in [3.05, 3.63) is 41.7 Å². The molecule has 2 rings (SSSR count). The highest BCUT2D eigenvalue weighted by atomic mass is 19.1. The maximum absolute atomic E-state index is 13.4. The molecule has 1 saturated carbocycles. The third kappa shape index (κ3) is 1.60. The van der Waals surface area contributed by atoms with Crippen LogP contribution in [0.25, 0.3) is 5.70 Å². The van der Waals surface area contributed by atoms with Gasteiger partial charge >= 0.3 is 0 Å². The van der Waals surface area contributed by atoms with Crippen LogP contribution in [-0.2, 0) is 0 Å². The highest BCUT2D eigenvalue weighted by Gasteiger charge is 2.26. The lowest BCUT2D eigenvalue weighted by Crippen LogP contribution is -1.89. The zero-order valence-corrected chi connectivity index (χ0v) is 7.96. The van der Waals surface area contributed by atoms with Crippen molar-refractivity contribution < 1.29 is 4.39 Å². The molecule has 0 atom stereocenters. The van der Waals surface area contributed by atoms with E-state index in [4.69, 9.17) is 0 Å². The molecule has 1 aliphatic rings. The van der Waals surface area contributed by atoms with Crippen LogP contribution >= 0.6 is 0 Å². The number of nitrogens with zero attached hydrogens (tertiary/aromatic N) is 1. The van der Waals surface area contributed by atoms with Crippen molar-refractivity contribution in [2.24, 2.45) is 4.99 Å². The Kier molecular flexibility index (Phi) is 2.20. The predicted molar refractivity (Wildman–Crippen MR) is 57.0 cm³/mol. The zero-order valence-electron chi connectivity index (χ0n) is 7.96. The maximum Gasteiger partial charge on any atom is 0.126 e. The summed E-state index contributed by atoms with van der Waals surface area (Å²) in [5.41, 5.74) is 2.27. The van der Waals surface area contributed by atoms with E-state index in [1.807, 2.05) is 6.07 Å². The van der Waals surface area contributed by atoms with E-state index >= 15 is 0 Å². The smallest absolute Gasteiger partial charge is 0.126 e. The first-order valence-electron chi connectivity index (χ1n) is 4.68. The summed E-state index contributed by atoms with van der Waals surface area (Å²) >= 11 is 0. The van der Waals surface area contributed by atoms with E-state index in [0.29, 0.717) is 11.6 Å². The number of aliphatic imine (C=N–C) groups is 1. The molecule has 1 nitrogen and oxygen atoms in total. The van der Waals surface area contributed by atoms with Crippen LogP contribution in [0.1, 0.15) is 29.9 Å². The molecule has 0 aliphatic heterocycles. The summed E-state index contributed by atoms with van der Waals surface area (Å²) in [4.78, 5) is 3.74. The van der Waals surface area contributed by atoms with Crippen LogP contribution in [0.15, 0.2) is 29.8 Å². The van der Waals surface area contributed by atoms with Gasteiger partial charge in [-0.25, -0.2) is 4.39 Å². The summed E-state index contributed by atoms with van der Waals surface area (Å²) in [6.45, 7) is 7.15. The van der Waals surface area contributed by atoms with Gasteiger partial charge in [0.2, 0.25) is 0 Å². The zero-order chi connectivity index (χ0) is 10.1. The maximum atomic E-state index is 13.4. The van der Waals surface area contributed by atoms with Gasteiger partial charge in [-0.15, -0.1) is 0 Å². The quantitative estimate of drug-likeness (QED) is 0.646. The second-order valence-corrected chi connectivity index (χ2v) is 3.62. The molecule has 0 heterocycles. The fourth-order valence-corrected chi connectivity index (χ4v) is 1.52. The van der Waals surface area contributed by atoms with Crippen LogP contribution in [0, 0.1) is 5.82 Å². The van der Waals surface area contributed by atoms with E-state index in [1.165, 1.54) is 6.07 Å². The van der Waals surface area contributed by atoms with E-state index in [2.05, 4.69) is 18.3 Å². The molecule has 0 amide bonds. The predicted octanol–water partition coefficient (Wildman–Crippen LogP) is 3.37. The van der Waals surface area contributed by atoms with Crippen molar-refractivity contribution in [3.8, 4) is 0 Å². The van der Waals surface area contributed by atoms with Crippen LogP contribution in [0.5, 0.6) is 0 Å². The summed E-state index contributed by atoms with van der Waals surface area (Å²) in [7, 11) is 0. The van der Waals surface area contributed by atoms with Gasteiger partial charge in [-0.1, -0.05) is 6.58 Å². The topological polar surface area (TPSA) is 12.4 Å². The lowest BCUT2D eigenvalue weighted by molar-refractivity contribution is 0.610. The van der Waals surface area contributed by atoms with Crippen molar-refractivity contribution in [2.75, 3.05) is 0 Å². The minimum absolute atomic E-state index is 0.117. The van der Waals surface area contributed by atoms with Crippen molar-refractivity contribution in [3.63, 3.8) is 0 Å². The van der Waals surface area contributed by atoms with Crippen LogP contribution < -0.4 is 0 Å². The fourth-order valence-electron chi connectivity index (χ4n) is 1.52. The number of hydrogen-bond acceptors (Lipinski definition) is 1. The Morgan fingerprint density at radius 3 is 2.71 bits per heavy atom. The van der Waals surface area contributed by atoms with E-state index in [9.17, 15) is 4.39 Å². The lowest BCUT2D eigenvalue weighted by Gasteiger charge is -2.04. The lowest BCUT2D eigenvalue weighted by atomic mass is 10.0. The van der Waals surface area contributed by atoms with Crippen molar-refractivity contribution in [2.45, 2.75) is 18.8 Å². The summed E-state index contributed by atoms with van der Waals surface area (Å²) in [5.74, 6) is 0.292. The Bertz CT molecular complexity index is 391. The third-order valence-electron chi connectivity index (χ3n) is 2.54. The molecular weight excluding hydrogens is 177 g/mol. The molecule has 14 heavy (non-hydrogen) atoms. The van der Waals surface area contributed by atoms with Crippen LogP contribution in [-0.4, -0.2) is 6.72 Å². The standard InChI is InChI=1S/C12H12FN/c1-8(14-2)10-5-6-12(13)11(7-10)9-3-4-9/h5-7,9H,1-4H2. The molecule has 1 aromatic carbocycles. The van der Waals surface area contributed by atoms with Gasteiger partial charge in [0, 0.05) is 0 Å². The summed E-state index contributed by atoms with van der Waals surface area (Å²) in [5, 5.41) is 0. The summed E-state index contributed by atoms with van der Waals surface area (Å²) in [6.07, 6.45) is 2.18. The Morgan fingerprint density at radius 2 is 2.14 bits per heavy atom. The van der Waals surface area contributed by atoms with Crippen LogP contribution in [0.3, 0.4) is 0 Å². The molecule has 0 unspecified atom stereocenters. The van der Waals surface area contributed by atoms with E-state index in [-0.39, 0.29) is 5.82 Å². The molecule has 0 spiro atoms. The first-order valence-corrected chi connectivity index (χ1v) is 4.68. The van der Waals surface area contributed by atoms with Gasteiger partial charge in [-0.05, 0) is 54.8 Å². The van der Waals surface area contributed by atoms with Gasteiger partial charge in [-0.3, -0.25) is 4.99 Å². The second kappa shape index (κ2) is 3.37. The molecule has 0 aromatic heterocycles. The van der Waals surface area contributed by atoms with Crippen molar-refractivity contribution >= 4 is 12.4 Å². The SMILES string of the molecule is C=NC(=C)c1ccc(F)c(C2CC2)c1. The monoisotopic (exact) mass is 189 g/mol. The van der Waals surface area contributed by atoms with Gasteiger partial charge in [-0.2, -0.15) is 0 Å². The van der Waals surface area contributed by atoms with Gasteiger partial charge in [0.05, 0.1) is 5.70 Å². The largest absolute Gasteiger partial charge is 0.265 e. The third-order valence-corrected chi connectivity index (χ3v) is 2.54.